The minimum Gasteiger partial charge on any atom is -0.281 e. The molecule has 3 aromatic rings. The maximum atomic E-state index is 13.9. The average Bonchev–Trinajstić information content (AvgIpc) is 2.81. The molecule has 2 heterocycles. The molecule has 0 radical (unpaired) electrons. The molecule has 0 spiro atoms. The van der Waals surface area contributed by atoms with Crippen molar-refractivity contribution in [2.45, 2.75) is 0 Å². The van der Waals surface area contributed by atoms with Gasteiger partial charge in [-0.2, -0.15) is 5.26 Å². The summed E-state index contributed by atoms with van der Waals surface area (Å²) in [7, 11) is 0. The SMILES string of the molecule is N#Cc1ccc2nnc(-c3c(F)cccc3Br)n2c1. The Morgan fingerprint density at radius 2 is 2.05 bits per heavy atom. The lowest BCUT2D eigenvalue weighted by Crippen LogP contribution is -1.94. The van der Waals surface area contributed by atoms with Crippen LogP contribution in [0, 0.1) is 17.1 Å². The third-order valence-electron chi connectivity index (χ3n) is 2.72. The zero-order chi connectivity index (χ0) is 13.4. The molecule has 19 heavy (non-hydrogen) atoms. The van der Waals surface area contributed by atoms with Gasteiger partial charge in [0.1, 0.15) is 11.9 Å². The molecular weight excluding hydrogens is 311 g/mol. The van der Waals surface area contributed by atoms with Gasteiger partial charge in [-0.15, -0.1) is 10.2 Å². The van der Waals surface area contributed by atoms with Crippen LogP contribution in [0.3, 0.4) is 0 Å². The first-order valence-electron chi connectivity index (χ1n) is 5.40. The zero-order valence-corrected chi connectivity index (χ0v) is 11.1. The fourth-order valence-electron chi connectivity index (χ4n) is 1.84. The number of hydrogen-bond acceptors (Lipinski definition) is 3. The second-order valence-electron chi connectivity index (χ2n) is 3.88. The van der Waals surface area contributed by atoms with Crippen molar-refractivity contribution in [2.24, 2.45) is 0 Å². The Labute approximate surface area is 116 Å². The normalized spacial score (nSPS) is 10.6. The smallest absolute Gasteiger partial charge is 0.172 e. The number of nitrogens with zero attached hydrogens (tertiary/aromatic N) is 4. The fraction of sp³-hybridized carbons (Fsp3) is 0. The number of hydrogen-bond donors (Lipinski definition) is 0. The van der Waals surface area contributed by atoms with E-state index in [4.69, 9.17) is 5.26 Å². The van der Waals surface area contributed by atoms with Crippen LogP contribution in [0.1, 0.15) is 5.56 Å². The van der Waals surface area contributed by atoms with Gasteiger partial charge in [-0.25, -0.2) is 4.39 Å². The first-order chi connectivity index (χ1) is 9.20. The Bertz CT molecular complexity index is 799. The van der Waals surface area contributed by atoms with Crippen molar-refractivity contribution >= 4 is 21.6 Å². The van der Waals surface area contributed by atoms with Gasteiger partial charge in [0, 0.05) is 10.7 Å². The zero-order valence-electron chi connectivity index (χ0n) is 9.51. The molecule has 0 N–H and O–H groups in total. The van der Waals surface area contributed by atoms with Crippen LogP contribution >= 0.6 is 15.9 Å². The van der Waals surface area contributed by atoms with Gasteiger partial charge in [0.2, 0.25) is 0 Å². The Hall–Kier alpha value is -2.26. The number of benzene rings is 1. The van der Waals surface area contributed by atoms with Crippen LogP contribution in [-0.2, 0) is 0 Å². The lowest BCUT2D eigenvalue weighted by Gasteiger charge is -2.04. The maximum absolute atomic E-state index is 13.9. The summed E-state index contributed by atoms with van der Waals surface area (Å²) in [6, 6.07) is 10.0. The molecule has 92 valence electrons. The lowest BCUT2D eigenvalue weighted by molar-refractivity contribution is 0.629. The second-order valence-corrected chi connectivity index (χ2v) is 4.73. The van der Waals surface area contributed by atoms with Crippen molar-refractivity contribution in [2.75, 3.05) is 0 Å². The summed E-state index contributed by atoms with van der Waals surface area (Å²) < 4.78 is 16.1. The van der Waals surface area contributed by atoms with Gasteiger partial charge >= 0.3 is 0 Å². The predicted octanol–water partition coefficient (Wildman–Crippen LogP) is 3.17. The van der Waals surface area contributed by atoms with E-state index in [1.54, 1.807) is 34.9 Å². The van der Waals surface area contributed by atoms with Gasteiger partial charge < -0.3 is 0 Å². The molecule has 0 saturated carbocycles. The molecule has 0 saturated heterocycles. The molecule has 2 aromatic heterocycles. The first-order valence-corrected chi connectivity index (χ1v) is 6.19. The number of rotatable bonds is 1. The quantitative estimate of drug-likeness (QED) is 0.693. The highest BCUT2D eigenvalue weighted by molar-refractivity contribution is 9.10. The summed E-state index contributed by atoms with van der Waals surface area (Å²) in [6.07, 6.45) is 1.59. The van der Waals surface area contributed by atoms with Crippen molar-refractivity contribution in [1.82, 2.24) is 14.6 Å². The van der Waals surface area contributed by atoms with Gasteiger partial charge in [0.05, 0.1) is 11.1 Å². The van der Waals surface area contributed by atoms with Crippen molar-refractivity contribution < 1.29 is 4.39 Å². The summed E-state index contributed by atoms with van der Waals surface area (Å²) in [5, 5.41) is 16.9. The van der Waals surface area contributed by atoms with E-state index in [1.807, 2.05) is 6.07 Å². The molecule has 0 bridgehead atoms. The molecule has 0 atom stereocenters. The molecule has 6 heteroatoms. The number of aromatic nitrogens is 3. The van der Waals surface area contributed by atoms with Crippen LogP contribution in [0.4, 0.5) is 4.39 Å². The van der Waals surface area contributed by atoms with E-state index in [0.29, 0.717) is 27.1 Å². The molecular formula is C13H6BrFN4. The summed E-state index contributed by atoms with van der Waals surface area (Å²) in [4.78, 5) is 0. The van der Waals surface area contributed by atoms with Crippen molar-refractivity contribution in [3.05, 3.63) is 52.4 Å². The largest absolute Gasteiger partial charge is 0.281 e. The molecule has 4 nitrogen and oxygen atoms in total. The van der Waals surface area contributed by atoms with E-state index in [0.717, 1.165) is 0 Å². The van der Waals surface area contributed by atoms with Crippen molar-refractivity contribution in [3.63, 3.8) is 0 Å². The highest BCUT2D eigenvalue weighted by Gasteiger charge is 2.15. The van der Waals surface area contributed by atoms with Crippen LogP contribution in [0.5, 0.6) is 0 Å². The molecule has 1 aromatic carbocycles. The van der Waals surface area contributed by atoms with Gasteiger partial charge in [0.25, 0.3) is 0 Å². The van der Waals surface area contributed by atoms with Gasteiger partial charge in [-0.05, 0) is 40.2 Å². The fourth-order valence-corrected chi connectivity index (χ4v) is 2.36. The molecule has 0 aliphatic rings. The lowest BCUT2D eigenvalue weighted by atomic mass is 10.2. The van der Waals surface area contributed by atoms with Crippen molar-refractivity contribution in [3.8, 4) is 17.5 Å². The van der Waals surface area contributed by atoms with Gasteiger partial charge in [0.15, 0.2) is 11.5 Å². The third-order valence-corrected chi connectivity index (χ3v) is 3.38. The predicted molar refractivity (Wildman–Crippen MR) is 70.8 cm³/mol. The maximum Gasteiger partial charge on any atom is 0.172 e. The molecule has 0 unspecified atom stereocenters. The van der Waals surface area contributed by atoms with Crippen molar-refractivity contribution in [1.29, 1.82) is 5.26 Å². The summed E-state index contributed by atoms with van der Waals surface area (Å²) >= 11 is 3.30. The molecule has 0 amide bonds. The van der Waals surface area contributed by atoms with E-state index in [2.05, 4.69) is 26.1 Å². The molecule has 3 rings (SSSR count). The monoisotopic (exact) mass is 316 g/mol. The minimum atomic E-state index is -0.397. The Kier molecular flexibility index (Phi) is 2.76. The Morgan fingerprint density at radius 1 is 1.21 bits per heavy atom. The van der Waals surface area contributed by atoms with Crippen LogP contribution in [-0.4, -0.2) is 14.6 Å². The van der Waals surface area contributed by atoms with Gasteiger partial charge in [-0.1, -0.05) is 6.07 Å². The minimum absolute atomic E-state index is 0.324. The van der Waals surface area contributed by atoms with Crippen LogP contribution in [0.25, 0.3) is 17.0 Å². The van der Waals surface area contributed by atoms with E-state index < -0.39 is 5.82 Å². The third kappa shape index (κ3) is 1.88. The topological polar surface area (TPSA) is 54.0 Å². The van der Waals surface area contributed by atoms with Crippen LogP contribution in [0.15, 0.2) is 41.0 Å². The van der Waals surface area contributed by atoms with E-state index in [9.17, 15) is 4.39 Å². The number of fused-ring (bicyclic) bond motifs is 1. The number of pyridine rings is 1. The van der Waals surface area contributed by atoms with E-state index in [1.165, 1.54) is 6.07 Å². The van der Waals surface area contributed by atoms with Gasteiger partial charge in [-0.3, -0.25) is 4.40 Å². The second kappa shape index (κ2) is 4.44. The molecule has 0 aliphatic heterocycles. The van der Waals surface area contributed by atoms with E-state index in [-0.39, 0.29) is 0 Å². The summed E-state index contributed by atoms with van der Waals surface area (Å²) in [5.41, 5.74) is 1.34. The summed E-state index contributed by atoms with van der Waals surface area (Å²) in [6.45, 7) is 0. The Morgan fingerprint density at radius 3 is 2.79 bits per heavy atom. The van der Waals surface area contributed by atoms with Crippen LogP contribution in [0.2, 0.25) is 0 Å². The number of nitriles is 1. The average molecular weight is 317 g/mol. The first kappa shape index (κ1) is 11.8. The highest BCUT2D eigenvalue weighted by Crippen LogP contribution is 2.29. The number of halogens is 2. The molecule has 0 fully saturated rings. The molecule has 0 aliphatic carbocycles. The highest BCUT2D eigenvalue weighted by atomic mass is 79.9. The standard InChI is InChI=1S/C13H6BrFN4/c14-9-2-1-3-10(15)12(9)13-18-17-11-5-4-8(6-16)7-19(11)13/h1-5,7H. The summed E-state index contributed by atoms with van der Waals surface area (Å²) in [5.74, 6) is -0.0388. The Balaban J connectivity index is 2.34. The van der Waals surface area contributed by atoms with Crippen LogP contribution < -0.4 is 0 Å². The van der Waals surface area contributed by atoms with E-state index >= 15 is 0 Å².